The van der Waals surface area contributed by atoms with Crippen molar-refractivity contribution in [3.63, 3.8) is 0 Å². The molecule has 0 N–H and O–H groups in total. The van der Waals surface area contributed by atoms with Crippen molar-refractivity contribution in [3.05, 3.63) is 59.9 Å². The minimum Gasteiger partial charge on any atom is -0.497 e. The minimum absolute atomic E-state index is 0.0287. The van der Waals surface area contributed by atoms with Crippen LogP contribution in [0, 0.1) is 5.82 Å². The van der Waals surface area contributed by atoms with Crippen LogP contribution >= 0.6 is 0 Å². The second-order valence-electron chi connectivity index (χ2n) is 8.13. The van der Waals surface area contributed by atoms with E-state index in [0.29, 0.717) is 50.6 Å². The van der Waals surface area contributed by atoms with Crippen molar-refractivity contribution in [2.75, 3.05) is 59.5 Å². The number of methoxy groups -OCH3 is 1. The van der Waals surface area contributed by atoms with Gasteiger partial charge in [0.15, 0.2) is 0 Å². The molecule has 2 heterocycles. The molecule has 1 atom stereocenters. The summed E-state index contributed by atoms with van der Waals surface area (Å²) in [7, 11) is -2.13. The van der Waals surface area contributed by atoms with Crippen LogP contribution in [0.2, 0.25) is 0 Å². The molecule has 0 radical (unpaired) electrons. The second-order valence-corrected chi connectivity index (χ2v) is 10.1. The lowest BCUT2D eigenvalue weighted by Gasteiger charge is -2.39. The third kappa shape index (κ3) is 5.52. The zero-order valence-electron chi connectivity index (χ0n) is 18.5. The van der Waals surface area contributed by atoms with Gasteiger partial charge in [-0.05, 0) is 42.5 Å². The van der Waals surface area contributed by atoms with Crippen molar-refractivity contribution in [1.29, 1.82) is 0 Å². The van der Waals surface area contributed by atoms with E-state index >= 15 is 0 Å². The van der Waals surface area contributed by atoms with E-state index in [0.717, 1.165) is 12.1 Å². The molecule has 1 unspecified atom stereocenters. The van der Waals surface area contributed by atoms with Crippen LogP contribution in [0.4, 0.5) is 4.39 Å². The molecule has 0 aliphatic carbocycles. The number of hydrogen-bond acceptors (Lipinski definition) is 6. The molecule has 0 bridgehead atoms. The van der Waals surface area contributed by atoms with Gasteiger partial charge >= 0.3 is 0 Å². The summed E-state index contributed by atoms with van der Waals surface area (Å²) in [5.74, 6) is 0.144. The molecule has 8 nitrogen and oxygen atoms in total. The van der Waals surface area contributed by atoms with E-state index in [4.69, 9.17) is 9.47 Å². The smallest absolute Gasteiger partial charge is 0.254 e. The molecule has 0 saturated carbocycles. The van der Waals surface area contributed by atoms with E-state index in [1.54, 1.807) is 31.4 Å². The number of piperazine rings is 1. The number of nitrogens with zero attached hydrogens (tertiary/aromatic N) is 3. The topological polar surface area (TPSA) is 79.4 Å². The highest BCUT2D eigenvalue weighted by atomic mass is 32.2. The van der Waals surface area contributed by atoms with Crippen LogP contribution in [-0.4, -0.2) is 94.1 Å². The monoisotopic (exact) mass is 477 g/mol. The summed E-state index contributed by atoms with van der Waals surface area (Å²) in [4.78, 5) is 16.9. The highest BCUT2D eigenvalue weighted by Crippen LogP contribution is 2.20. The summed E-state index contributed by atoms with van der Waals surface area (Å²) in [6.45, 7) is 3.92. The summed E-state index contributed by atoms with van der Waals surface area (Å²) >= 11 is 0. The van der Waals surface area contributed by atoms with Gasteiger partial charge in [0, 0.05) is 51.4 Å². The lowest BCUT2D eigenvalue weighted by Crippen LogP contribution is -2.54. The Labute approximate surface area is 193 Å². The van der Waals surface area contributed by atoms with Crippen LogP contribution in [-0.2, 0) is 14.8 Å². The molecule has 2 aromatic rings. The number of ether oxygens (including phenoxy) is 2. The maximum atomic E-state index is 13.2. The van der Waals surface area contributed by atoms with Crippen molar-refractivity contribution >= 4 is 15.9 Å². The molecule has 2 aliphatic heterocycles. The quantitative estimate of drug-likeness (QED) is 0.630. The van der Waals surface area contributed by atoms with Gasteiger partial charge in [-0.15, -0.1) is 0 Å². The number of morpholine rings is 1. The Hall–Kier alpha value is -2.53. The number of sulfonamides is 1. The zero-order valence-corrected chi connectivity index (χ0v) is 19.3. The van der Waals surface area contributed by atoms with Crippen LogP contribution in [0.25, 0.3) is 0 Å². The second kappa shape index (κ2) is 10.2. The average Bonchev–Trinajstić information content (AvgIpc) is 2.84. The van der Waals surface area contributed by atoms with E-state index in [1.165, 1.54) is 16.4 Å². The molecule has 0 aromatic heterocycles. The number of benzene rings is 2. The summed E-state index contributed by atoms with van der Waals surface area (Å²) in [5.41, 5.74) is 0.597. The molecule has 178 valence electrons. The van der Waals surface area contributed by atoms with Crippen LogP contribution in [0.5, 0.6) is 5.75 Å². The number of carbonyl (C=O) groups excluding carboxylic acids is 1. The third-order valence-electron chi connectivity index (χ3n) is 5.99. The number of rotatable bonds is 6. The van der Waals surface area contributed by atoms with E-state index in [-0.39, 0.29) is 30.0 Å². The van der Waals surface area contributed by atoms with Crippen LogP contribution < -0.4 is 4.74 Å². The maximum Gasteiger partial charge on any atom is 0.254 e. The van der Waals surface area contributed by atoms with Crippen molar-refractivity contribution in [2.24, 2.45) is 0 Å². The fraction of sp³-hybridized carbons (Fsp3) is 0.435. The largest absolute Gasteiger partial charge is 0.497 e. The van der Waals surface area contributed by atoms with Crippen molar-refractivity contribution in [3.8, 4) is 5.75 Å². The molecule has 2 aromatic carbocycles. The van der Waals surface area contributed by atoms with Crippen LogP contribution in [0.3, 0.4) is 0 Å². The van der Waals surface area contributed by atoms with Crippen molar-refractivity contribution < 1.29 is 27.1 Å². The SMILES string of the molecule is COc1cccc(C(=O)N2CCN(CC3CN(S(=O)(=O)c4ccc(F)cc4)CCO3)CC2)c1. The molecule has 2 aliphatic rings. The van der Waals surface area contributed by atoms with E-state index in [1.807, 2.05) is 4.90 Å². The maximum absolute atomic E-state index is 13.2. The first-order valence-corrected chi connectivity index (χ1v) is 12.3. The van der Waals surface area contributed by atoms with Gasteiger partial charge in [0.25, 0.3) is 5.91 Å². The number of carbonyl (C=O) groups is 1. The van der Waals surface area contributed by atoms with Crippen molar-refractivity contribution in [1.82, 2.24) is 14.1 Å². The molecular formula is C23H28FN3O5S. The summed E-state index contributed by atoms with van der Waals surface area (Å²) in [6, 6.07) is 12.0. The lowest BCUT2D eigenvalue weighted by atomic mass is 10.1. The highest BCUT2D eigenvalue weighted by molar-refractivity contribution is 7.89. The standard InChI is InChI=1S/C23H28FN3O5S/c1-31-20-4-2-3-18(15-20)23(28)26-11-9-25(10-12-26)16-21-17-27(13-14-32-21)33(29,30)22-7-5-19(24)6-8-22/h2-8,15,21H,9-14,16-17H2,1H3. The Morgan fingerprint density at radius 1 is 1.09 bits per heavy atom. The molecule has 10 heteroatoms. The molecule has 2 saturated heterocycles. The fourth-order valence-electron chi connectivity index (χ4n) is 4.14. The van der Waals surface area contributed by atoms with E-state index in [2.05, 4.69) is 4.90 Å². The number of halogens is 1. The Morgan fingerprint density at radius 3 is 2.52 bits per heavy atom. The van der Waals surface area contributed by atoms with Gasteiger partial charge in [-0.3, -0.25) is 9.69 Å². The van der Waals surface area contributed by atoms with Gasteiger partial charge in [-0.1, -0.05) is 6.07 Å². The Bertz CT molecular complexity index is 1070. The van der Waals surface area contributed by atoms with Gasteiger partial charge in [0.2, 0.25) is 10.0 Å². The van der Waals surface area contributed by atoms with Crippen LogP contribution in [0.15, 0.2) is 53.4 Å². The average molecular weight is 478 g/mol. The molecule has 0 spiro atoms. The van der Waals surface area contributed by atoms with Gasteiger partial charge < -0.3 is 14.4 Å². The molecule has 1 amide bonds. The Balaban J connectivity index is 1.31. The molecular weight excluding hydrogens is 449 g/mol. The minimum atomic E-state index is -3.70. The van der Waals surface area contributed by atoms with Gasteiger partial charge in [-0.2, -0.15) is 4.31 Å². The predicted molar refractivity (Wildman–Crippen MR) is 120 cm³/mol. The predicted octanol–water partition coefficient (Wildman–Crippen LogP) is 1.68. The summed E-state index contributed by atoms with van der Waals surface area (Å²) in [6.07, 6.45) is -0.269. The first kappa shape index (κ1) is 23.6. The number of hydrogen-bond donors (Lipinski definition) is 0. The molecule has 33 heavy (non-hydrogen) atoms. The Kier molecular flexibility index (Phi) is 7.28. The van der Waals surface area contributed by atoms with Gasteiger partial charge in [-0.25, -0.2) is 12.8 Å². The van der Waals surface area contributed by atoms with E-state index < -0.39 is 15.8 Å². The third-order valence-corrected chi connectivity index (χ3v) is 7.87. The normalized spacial score (nSPS) is 20.5. The van der Waals surface area contributed by atoms with Gasteiger partial charge in [0.05, 0.1) is 24.7 Å². The van der Waals surface area contributed by atoms with Crippen molar-refractivity contribution in [2.45, 2.75) is 11.0 Å². The summed E-state index contributed by atoms with van der Waals surface area (Å²) in [5, 5.41) is 0. The first-order valence-electron chi connectivity index (χ1n) is 10.9. The Morgan fingerprint density at radius 2 is 1.82 bits per heavy atom. The highest BCUT2D eigenvalue weighted by Gasteiger charge is 2.32. The van der Waals surface area contributed by atoms with Gasteiger partial charge in [0.1, 0.15) is 11.6 Å². The molecule has 4 rings (SSSR count). The molecule has 2 fully saturated rings. The summed E-state index contributed by atoms with van der Waals surface area (Å²) < 4.78 is 51.4. The van der Waals surface area contributed by atoms with E-state index in [9.17, 15) is 17.6 Å². The zero-order chi connectivity index (χ0) is 23.4. The first-order chi connectivity index (χ1) is 15.9. The number of amides is 1. The lowest BCUT2D eigenvalue weighted by molar-refractivity contribution is -0.0256. The van der Waals surface area contributed by atoms with Crippen LogP contribution in [0.1, 0.15) is 10.4 Å². The fourth-order valence-corrected chi connectivity index (χ4v) is 5.59.